The summed E-state index contributed by atoms with van der Waals surface area (Å²) in [6.07, 6.45) is 0.149. The Kier molecular flexibility index (Phi) is 4.73. The lowest BCUT2D eigenvalue weighted by Crippen LogP contribution is -2.42. The van der Waals surface area contributed by atoms with Crippen LogP contribution in [0.5, 0.6) is 5.75 Å². The summed E-state index contributed by atoms with van der Waals surface area (Å²) >= 11 is 0. The van der Waals surface area contributed by atoms with Crippen LogP contribution in [0.1, 0.15) is 26.3 Å². The number of nitrogens with zero attached hydrogens (tertiary/aromatic N) is 1. The van der Waals surface area contributed by atoms with Gasteiger partial charge in [0.15, 0.2) is 0 Å². The SMILES string of the molecule is CCN(CC(C)(C)O)C(=O)Cc1ccccc1O. The number of para-hydroxylation sites is 1. The van der Waals surface area contributed by atoms with E-state index >= 15 is 0 Å². The molecule has 100 valence electrons. The molecule has 0 saturated carbocycles. The third kappa shape index (κ3) is 4.37. The van der Waals surface area contributed by atoms with Gasteiger partial charge in [-0.3, -0.25) is 4.79 Å². The van der Waals surface area contributed by atoms with E-state index in [-0.39, 0.29) is 24.6 Å². The van der Waals surface area contributed by atoms with Gasteiger partial charge in [0.1, 0.15) is 5.75 Å². The van der Waals surface area contributed by atoms with Gasteiger partial charge in [-0.05, 0) is 26.8 Å². The average molecular weight is 251 g/mol. The van der Waals surface area contributed by atoms with Crippen molar-refractivity contribution in [2.24, 2.45) is 0 Å². The second kappa shape index (κ2) is 5.87. The third-order valence-corrected chi connectivity index (χ3v) is 2.65. The van der Waals surface area contributed by atoms with E-state index in [1.54, 1.807) is 43.0 Å². The van der Waals surface area contributed by atoms with Crippen molar-refractivity contribution in [3.8, 4) is 5.75 Å². The summed E-state index contributed by atoms with van der Waals surface area (Å²) in [4.78, 5) is 13.7. The van der Waals surface area contributed by atoms with Crippen molar-refractivity contribution in [3.63, 3.8) is 0 Å². The zero-order chi connectivity index (χ0) is 13.8. The number of aromatic hydroxyl groups is 1. The first-order chi connectivity index (χ1) is 8.33. The highest BCUT2D eigenvalue weighted by atomic mass is 16.3. The van der Waals surface area contributed by atoms with E-state index in [1.165, 1.54) is 0 Å². The van der Waals surface area contributed by atoms with Crippen LogP contribution in [0.3, 0.4) is 0 Å². The van der Waals surface area contributed by atoms with Gasteiger partial charge in [0.05, 0.1) is 12.0 Å². The number of phenols is 1. The molecule has 0 saturated heterocycles. The zero-order valence-corrected chi connectivity index (χ0v) is 11.2. The van der Waals surface area contributed by atoms with Crippen molar-refractivity contribution in [1.29, 1.82) is 0 Å². The summed E-state index contributed by atoms with van der Waals surface area (Å²) in [5.74, 6) is 0.0336. The van der Waals surface area contributed by atoms with E-state index in [4.69, 9.17) is 0 Å². The molecule has 0 atom stereocenters. The summed E-state index contributed by atoms with van der Waals surface area (Å²) in [6.45, 7) is 6.03. The molecule has 0 aliphatic rings. The molecule has 0 fully saturated rings. The van der Waals surface area contributed by atoms with Gasteiger partial charge in [-0.25, -0.2) is 0 Å². The first-order valence-corrected chi connectivity index (χ1v) is 6.10. The summed E-state index contributed by atoms with van der Waals surface area (Å²) < 4.78 is 0. The van der Waals surface area contributed by atoms with Crippen LogP contribution in [-0.2, 0) is 11.2 Å². The smallest absolute Gasteiger partial charge is 0.227 e. The van der Waals surface area contributed by atoms with Crippen LogP contribution in [0.2, 0.25) is 0 Å². The molecule has 1 aromatic carbocycles. The molecule has 0 aliphatic carbocycles. The Morgan fingerprint density at radius 1 is 1.33 bits per heavy atom. The minimum Gasteiger partial charge on any atom is -0.508 e. The maximum Gasteiger partial charge on any atom is 0.227 e. The zero-order valence-electron chi connectivity index (χ0n) is 11.2. The van der Waals surface area contributed by atoms with Gasteiger partial charge in [0.25, 0.3) is 0 Å². The van der Waals surface area contributed by atoms with Crippen LogP contribution in [0.25, 0.3) is 0 Å². The molecular weight excluding hydrogens is 230 g/mol. The molecule has 2 N–H and O–H groups in total. The quantitative estimate of drug-likeness (QED) is 0.834. The van der Waals surface area contributed by atoms with E-state index < -0.39 is 5.60 Å². The predicted octanol–water partition coefficient (Wildman–Crippen LogP) is 1.55. The van der Waals surface area contributed by atoms with E-state index in [1.807, 2.05) is 6.92 Å². The monoisotopic (exact) mass is 251 g/mol. The lowest BCUT2D eigenvalue weighted by atomic mass is 10.1. The number of phenolic OH excluding ortho intramolecular Hbond substituents is 1. The fourth-order valence-electron chi connectivity index (χ4n) is 1.78. The molecule has 0 spiro atoms. The van der Waals surface area contributed by atoms with Gasteiger partial charge in [-0.15, -0.1) is 0 Å². The Bertz CT molecular complexity index is 410. The van der Waals surface area contributed by atoms with Crippen molar-refractivity contribution in [1.82, 2.24) is 4.90 Å². The van der Waals surface area contributed by atoms with Crippen LogP contribution >= 0.6 is 0 Å². The van der Waals surface area contributed by atoms with Crippen molar-refractivity contribution >= 4 is 5.91 Å². The molecule has 0 unspecified atom stereocenters. The third-order valence-electron chi connectivity index (χ3n) is 2.65. The Morgan fingerprint density at radius 3 is 2.44 bits per heavy atom. The summed E-state index contributed by atoms with van der Waals surface area (Å²) in [5, 5.41) is 19.4. The maximum atomic E-state index is 12.1. The standard InChI is InChI=1S/C14H21NO3/c1-4-15(10-14(2,3)18)13(17)9-11-7-5-6-8-12(11)16/h5-8,16,18H,4,9-10H2,1-3H3. The molecule has 4 nitrogen and oxygen atoms in total. The fraction of sp³-hybridized carbons (Fsp3) is 0.500. The Labute approximate surface area is 108 Å². The van der Waals surface area contributed by atoms with Crippen LogP contribution in [-0.4, -0.2) is 39.7 Å². The summed E-state index contributed by atoms with van der Waals surface area (Å²) in [5.41, 5.74) is -0.304. The molecule has 0 bridgehead atoms. The summed E-state index contributed by atoms with van der Waals surface area (Å²) in [7, 11) is 0. The van der Waals surface area contributed by atoms with Gasteiger partial charge in [0.2, 0.25) is 5.91 Å². The van der Waals surface area contributed by atoms with Crippen LogP contribution in [0.4, 0.5) is 0 Å². The first-order valence-electron chi connectivity index (χ1n) is 6.10. The number of hydrogen-bond acceptors (Lipinski definition) is 3. The maximum absolute atomic E-state index is 12.1. The van der Waals surface area contributed by atoms with Crippen molar-refractivity contribution in [3.05, 3.63) is 29.8 Å². The molecule has 0 heterocycles. The normalized spacial score (nSPS) is 11.3. The Balaban J connectivity index is 2.72. The predicted molar refractivity (Wildman–Crippen MR) is 70.4 cm³/mol. The van der Waals surface area contributed by atoms with Gasteiger partial charge in [-0.2, -0.15) is 0 Å². The molecule has 0 aromatic heterocycles. The number of amides is 1. The van der Waals surface area contributed by atoms with Gasteiger partial charge in [0, 0.05) is 18.7 Å². The number of carbonyl (C=O) groups is 1. The lowest BCUT2D eigenvalue weighted by Gasteiger charge is -2.28. The van der Waals surface area contributed by atoms with Crippen molar-refractivity contribution in [2.45, 2.75) is 32.8 Å². The van der Waals surface area contributed by atoms with Crippen molar-refractivity contribution in [2.75, 3.05) is 13.1 Å². The molecule has 1 rings (SSSR count). The van der Waals surface area contributed by atoms with E-state index in [9.17, 15) is 15.0 Å². The molecule has 1 aromatic rings. The minimum atomic E-state index is -0.912. The number of hydrogen-bond donors (Lipinski definition) is 2. The Morgan fingerprint density at radius 2 is 1.94 bits per heavy atom. The molecule has 4 heteroatoms. The number of benzene rings is 1. The molecule has 18 heavy (non-hydrogen) atoms. The highest BCUT2D eigenvalue weighted by Crippen LogP contribution is 2.17. The molecule has 1 amide bonds. The second-order valence-corrected chi connectivity index (χ2v) is 5.03. The molecule has 0 aliphatic heterocycles. The first kappa shape index (κ1) is 14.5. The highest BCUT2D eigenvalue weighted by Gasteiger charge is 2.21. The second-order valence-electron chi connectivity index (χ2n) is 5.03. The molecular formula is C14H21NO3. The van der Waals surface area contributed by atoms with Gasteiger partial charge >= 0.3 is 0 Å². The van der Waals surface area contributed by atoms with Crippen LogP contribution in [0.15, 0.2) is 24.3 Å². The van der Waals surface area contributed by atoms with Crippen LogP contribution in [0, 0.1) is 0 Å². The number of likely N-dealkylation sites (N-methyl/N-ethyl adjacent to an activating group) is 1. The van der Waals surface area contributed by atoms with Crippen molar-refractivity contribution < 1.29 is 15.0 Å². The van der Waals surface area contributed by atoms with Gasteiger partial charge in [-0.1, -0.05) is 18.2 Å². The van der Waals surface area contributed by atoms with E-state index in [0.717, 1.165) is 0 Å². The van der Waals surface area contributed by atoms with Crippen LogP contribution < -0.4 is 0 Å². The van der Waals surface area contributed by atoms with Gasteiger partial charge < -0.3 is 15.1 Å². The Hall–Kier alpha value is -1.55. The largest absolute Gasteiger partial charge is 0.508 e. The summed E-state index contributed by atoms with van der Waals surface area (Å²) in [6, 6.07) is 6.80. The lowest BCUT2D eigenvalue weighted by molar-refractivity contribution is -0.133. The topological polar surface area (TPSA) is 60.8 Å². The molecule has 0 radical (unpaired) electrons. The van der Waals surface area contributed by atoms with E-state index in [0.29, 0.717) is 12.1 Å². The van der Waals surface area contributed by atoms with E-state index in [2.05, 4.69) is 0 Å². The average Bonchev–Trinajstić information content (AvgIpc) is 2.27. The highest BCUT2D eigenvalue weighted by molar-refractivity contribution is 5.79. The minimum absolute atomic E-state index is 0.0962. The fourth-order valence-corrected chi connectivity index (χ4v) is 1.78. The number of rotatable bonds is 5. The number of aliphatic hydroxyl groups is 1. The number of carbonyl (C=O) groups excluding carboxylic acids is 1.